The van der Waals surface area contributed by atoms with E-state index in [2.05, 4.69) is 10.3 Å². The van der Waals surface area contributed by atoms with Crippen molar-refractivity contribution in [1.29, 1.82) is 0 Å². The number of carbonyl (C=O) groups excluding carboxylic acids is 1. The van der Waals surface area contributed by atoms with Gasteiger partial charge in [0.05, 0.1) is 17.9 Å². The minimum absolute atomic E-state index is 0.168. The highest BCUT2D eigenvalue weighted by Crippen LogP contribution is 2.27. The van der Waals surface area contributed by atoms with Crippen molar-refractivity contribution >= 4 is 5.91 Å². The lowest BCUT2D eigenvalue weighted by Crippen LogP contribution is -2.58. The van der Waals surface area contributed by atoms with Crippen molar-refractivity contribution in [3.05, 3.63) is 72.1 Å². The van der Waals surface area contributed by atoms with Gasteiger partial charge in [0, 0.05) is 13.0 Å². The standard InChI is InChI=1S/C22H24N4O3/c1-16-20(23-24-26(16)17-9-5-3-6-10-17)21(27)25-14-13-19(22(2,28)15-25)29-18-11-7-4-8-12-18/h3-12,19,28H,13-15H2,1-2H3/t19-,22-/m0/s1. The Morgan fingerprint density at radius 3 is 2.45 bits per heavy atom. The van der Waals surface area contributed by atoms with Crippen LogP contribution in [0.3, 0.4) is 0 Å². The highest BCUT2D eigenvalue weighted by atomic mass is 16.5. The van der Waals surface area contributed by atoms with E-state index in [1.807, 2.05) is 67.6 Å². The molecular weight excluding hydrogens is 368 g/mol. The van der Waals surface area contributed by atoms with Crippen LogP contribution in [-0.2, 0) is 0 Å². The summed E-state index contributed by atoms with van der Waals surface area (Å²) in [6, 6.07) is 19.0. The average Bonchev–Trinajstić information content (AvgIpc) is 3.11. The number of carbonyl (C=O) groups is 1. The number of ether oxygens (including phenoxy) is 1. The molecule has 1 aromatic heterocycles. The van der Waals surface area contributed by atoms with Crippen LogP contribution in [0.15, 0.2) is 60.7 Å². The van der Waals surface area contributed by atoms with E-state index < -0.39 is 11.7 Å². The molecule has 0 bridgehead atoms. The highest BCUT2D eigenvalue weighted by Gasteiger charge is 2.42. The van der Waals surface area contributed by atoms with Gasteiger partial charge < -0.3 is 14.7 Å². The van der Waals surface area contributed by atoms with Crippen LogP contribution in [0.2, 0.25) is 0 Å². The van der Waals surface area contributed by atoms with Gasteiger partial charge in [-0.25, -0.2) is 4.68 Å². The number of hydrogen-bond donors (Lipinski definition) is 1. The summed E-state index contributed by atoms with van der Waals surface area (Å²) in [6.45, 7) is 4.17. The second-order valence-corrected chi connectivity index (χ2v) is 7.56. The summed E-state index contributed by atoms with van der Waals surface area (Å²) in [5, 5.41) is 19.2. The first kappa shape index (κ1) is 19.1. The first-order valence-corrected chi connectivity index (χ1v) is 9.67. The molecular formula is C22H24N4O3. The van der Waals surface area contributed by atoms with E-state index in [0.717, 1.165) is 5.69 Å². The van der Waals surface area contributed by atoms with Crippen molar-refractivity contribution < 1.29 is 14.6 Å². The number of likely N-dealkylation sites (tertiary alicyclic amines) is 1. The minimum atomic E-state index is -1.17. The fourth-order valence-corrected chi connectivity index (χ4v) is 3.66. The maximum Gasteiger partial charge on any atom is 0.276 e. The van der Waals surface area contributed by atoms with Crippen LogP contribution in [0.25, 0.3) is 5.69 Å². The maximum absolute atomic E-state index is 13.1. The summed E-state index contributed by atoms with van der Waals surface area (Å²) in [4.78, 5) is 14.7. The summed E-state index contributed by atoms with van der Waals surface area (Å²) in [7, 11) is 0. The quantitative estimate of drug-likeness (QED) is 0.738. The molecule has 0 unspecified atom stereocenters. The average molecular weight is 392 g/mol. The smallest absolute Gasteiger partial charge is 0.276 e. The highest BCUT2D eigenvalue weighted by molar-refractivity contribution is 5.93. The van der Waals surface area contributed by atoms with E-state index >= 15 is 0 Å². The van der Waals surface area contributed by atoms with Gasteiger partial charge in [0.25, 0.3) is 5.91 Å². The van der Waals surface area contributed by atoms with Crippen LogP contribution >= 0.6 is 0 Å². The van der Waals surface area contributed by atoms with Gasteiger partial charge in [-0.15, -0.1) is 5.10 Å². The monoisotopic (exact) mass is 392 g/mol. The van der Waals surface area contributed by atoms with E-state index in [4.69, 9.17) is 4.74 Å². The van der Waals surface area contributed by atoms with Crippen molar-refractivity contribution in [3.63, 3.8) is 0 Å². The van der Waals surface area contributed by atoms with Crippen LogP contribution in [0, 0.1) is 6.92 Å². The van der Waals surface area contributed by atoms with Gasteiger partial charge >= 0.3 is 0 Å². The molecule has 2 aromatic carbocycles. The molecule has 1 saturated heterocycles. The van der Waals surface area contributed by atoms with Crippen LogP contribution in [-0.4, -0.2) is 55.7 Å². The largest absolute Gasteiger partial charge is 0.487 e. The van der Waals surface area contributed by atoms with E-state index in [-0.39, 0.29) is 12.5 Å². The van der Waals surface area contributed by atoms with E-state index in [9.17, 15) is 9.90 Å². The van der Waals surface area contributed by atoms with Gasteiger partial charge in [-0.3, -0.25) is 4.79 Å². The van der Waals surface area contributed by atoms with Crippen LogP contribution in [0.1, 0.15) is 29.5 Å². The van der Waals surface area contributed by atoms with Crippen molar-refractivity contribution in [1.82, 2.24) is 19.9 Å². The predicted octanol–water partition coefficient (Wildman–Crippen LogP) is 2.62. The number of nitrogens with zero attached hydrogens (tertiary/aromatic N) is 4. The molecule has 1 amide bonds. The van der Waals surface area contributed by atoms with Crippen LogP contribution in [0.4, 0.5) is 0 Å². The fourth-order valence-electron chi connectivity index (χ4n) is 3.66. The summed E-state index contributed by atoms with van der Waals surface area (Å²) in [5.41, 5.74) is 0.640. The number of aromatic nitrogens is 3. The zero-order valence-electron chi connectivity index (χ0n) is 16.5. The lowest BCUT2D eigenvalue weighted by Gasteiger charge is -2.42. The second-order valence-electron chi connectivity index (χ2n) is 7.56. The summed E-state index contributed by atoms with van der Waals surface area (Å²) in [5.74, 6) is 0.474. The molecule has 150 valence electrons. The number of aliphatic hydroxyl groups is 1. The third kappa shape index (κ3) is 3.86. The Hall–Kier alpha value is -3.19. The summed E-state index contributed by atoms with van der Waals surface area (Å²) < 4.78 is 7.62. The minimum Gasteiger partial charge on any atom is -0.487 e. The predicted molar refractivity (Wildman–Crippen MR) is 108 cm³/mol. The molecule has 29 heavy (non-hydrogen) atoms. The maximum atomic E-state index is 13.1. The fraction of sp³-hybridized carbons (Fsp3) is 0.318. The van der Waals surface area contributed by atoms with E-state index in [0.29, 0.717) is 30.1 Å². The van der Waals surface area contributed by atoms with Gasteiger partial charge in [0.2, 0.25) is 0 Å². The van der Waals surface area contributed by atoms with Crippen molar-refractivity contribution in [2.24, 2.45) is 0 Å². The normalized spacial score (nSPS) is 21.8. The summed E-state index contributed by atoms with van der Waals surface area (Å²) >= 11 is 0. The zero-order chi connectivity index (χ0) is 20.4. The third-order valence-electron chi connectivity index (χ3n) is 5.27. The number of hydrogen-bond acceptors (Lipinski definition) is 5. The van der Waals surface area contributed by atoms with Crippen molar-refractivity contribution in [2.75, 3.05) is 13.1 Å². The number of β-amino-alcohol motifs (C(OH)–C–C–N with tert-alkyl or cyclic N) is 1. The number of piperidine rings is 1. The molecule has 7 heteroatoms. The molecule has 2 heterocycles. The van der Waals surface area contributed by atoms with Gasteiger partial charge in [0.1, 0.15) is 17.5 Å². The molecule has 1 aliphatic heterocycles. The second kappa shape index (κ2) is 7.67. The Balaban J connectivity index is 1.49. The molecule has 0 aliphatic carbocycles. The Bertz CT molecular complexity index is 986. The number of benzene rings is 2. The zero-order valence-corrected chi connectivity index (χ0v) is 16.5. The topological polar surface area (TPSA) is 80.5 Å². The van der Waals surface area contributed by atoms with Crippen molar-refractivity contribution in [2.45, 2.75) is 32.0 Å². The Kier molecular flexibility index (Phi) is 5.07. The molecule has 1 N–H and O–H groups in total. The first-order chi connectivity index (χ1) is 14.0. The lowest BCUT2D eigenvalue weighted by molar-refractivity contribution is -0.0900. The molecule has 1 aliphatic rings. The number of para-hydroxylation sites is 2. The SMILES string of the molecule is Cc1c(C(=O)N2CC[C@H](Oc3ccccc3)[C@@](C)(O)C2)nnn1-c1ccccc1. The van der Waals surface area contributed by atoms with Gasteiger partial charge in [-0.2, -0.15) is 0 Å². The van der Waals surface area contributed by atoms with Crippen molar-refractivity contribution in [3.8, 4) is 11.4 Å². The van der Waals surface area contributed by atoms with Gasteiger partial charge in [-0.05, 0) is 38.1 Å². The Labute approximate surface area is 169 Å². The molecule has 7 nitrogen and oxygen atoms in total. The number of amides is 1. The lowest BCUT2D eigenvalue weighted by atomic mass is 9.91. The molecule has 4 rings (SSSR count). The third-order valence-corrected chi connectivity index (χ3v) is 5.27. The summed E-state index contributed by atoms with van der Waals surface area (Å²) in [6.07, 6.45) is 0.134. The molecule has 2 atom stereocenters. The Morgan fingerprint density at radius 1 is 1.14 bits per heavy atom. The van der Waals surface area contributed by atoms with Crippen LogP contribution < -0.4 is 4.74 Å². The number of rotatable bonds is 4. The molecule has 0 radical (unpaired) electrons. The van der Waals surface area contributed by atoms with E-state index in [1.54, 1.807) is 16.5 Å². The van der Waals surface area contributed by atoms with Gasteiger partial charge in [-0.1, -0.05) is 41.6 Å². The van der Waals surface area contributed by atoms with E-state index in [1.165, 1.54) is 0 Å². The molecule has 0 spiro atoms. The van der Waals surface area contributed by atoms with Gasteiger partial charge in [0.15, 0.2) is 5.69 Å². The Morgan fingerprint density at radius 2 is 1.79 bits per heavy atom. The molecule has 3 aromatic rings. The van der Waals surface area contributed by atoms with Crippen LogP contribution in [0.5, 0.6) is 5.75 Å². The molecule has 0 saturated carbocycles. The molecule has 1 fully saturated rings. The first-order valence-electron chi connectivity index (χ1n) is 9.67.